The number of carbonyl (C=O) groups is 1. The molecule has 184 valence electrons. The van der Waals surface area contributed by atoms with Gasteiger partial charge in [0, 0.05) is 6.54 Å². The number of nitrogens with zero attached hydrogens (tertiary/aromatic N) is 1. The van der Waals surface area contributed by atoms with Crippen molar-refractivity contribution in [3.8, 4) is 0 Å². The van der Waals surface area contributed by atoms with Crippen LogP contribution in [0.15, 0.2) is 91.0 Å². The molecule has 1 fully saturated rings. The van der Waals surface area contributed by atoms with Crippen LogP contribution in [0.2, 0.25) is 0 Å². The van der Waals surface area contributed by atoms with E-state index < -0.39 is 0 Å². The minimum Gasteiger partial charge on any atom is -0.375 e. The summed E-state index contributed by atoms with van der Waals surface area (Å²) < 4.78 is 19.0. The second kappa shape index (κ2) is 13.2. The average Bonchev–Trinajstić information content (AvgIpc) is 2.90. The number of hydrogen-bond donors (Lipinski definition) is 0. The molecule has 3 unspecified atom stereocenters. The maximum Gasteiger partial charge on any atom is 0.225 e. The quantitative estimate of drug-likeness (QED) is 0.354. The first kappa shape index (κ1) is 25.1. The number of piperidine rings is 1. The van der Waals surface area contributed by atoms with Gasteiger partial charge in [0.15, 0.2) is 0 Å². The summed E-state index contributed by atoms with van der Waals surface area (Å²) >= 11 is 0. The number of carbonyl (C=O) groups excluding carboxylic acids is 1. The van der Waals surface area contributed by atoms with E-state index in [-0.39, 0.29) is 24.2 Å². The van der Waals surface area contributed by atoms with E-state index in [2.05, 4.69) is 19.1 Å². The van der Waals surface area contributed by atoms with Crippen molar-refractivity contribution in [3.05, 3.63) is 108 Å². The molecule has 0 bridgehead atoms. The molecule has 0 N–H and O–H groups in total. The summed E-state index contributed by atoms with van der Waals surface area (Å²) in [6.07, 6.45) is 0.548. The number of rotatable bonds is 12. The molecule has 5 heteroatoms. The Hall–Kier alpha value is -2.99. The number of ether oxygens (including phenoxy) is 3. The summed E-state index contributed by atoms with van der Waals surface area (Å²) in [4.78, 5) is 15.1. The van der Waals surface area contributed by atoms with E-state index >= 15 is 0 Å². The van der Waals surface area contributed by atoms with Crippen molar-refractivity contribution in [2.75, 3.05) is 13.2 Å². The summed E-state index contributed by atoms with van der Waals surface area (Å²) in [5, 5.41) is 0. The molecule has 0 saturated carbocycles. The lowest BCUT2D eigenvalue weighted by Crippen LogP contribution is -2.60. The zero-order valence-corrected chi connectivity index (χ0v) is 20.4. The van der Waals surface area contributed by atoms with E-state index in [9.17, 15) is 4.79 Å². The minimum atomic E-state index is -0.343. The third kappa shape index (κ3) is 7.25. The molecular weight excluding hydrogens is 438 g/mol. The van der Waals surface area contributed by atoms with Crippen molar-refractivity contribution < 1.29 is 19.0 Å². The maximum absolute atomic E-state index is 13.2. The van der Waals surface area contributed by atoms with E-state index in [1.165, 1.54) is 0 Å². The topological polar surface area (TPSA) is 48.0 Å². The average molecular weight is 474 g/mol. The molecule has 1 heterocycles. The summed E-state index contributed by atoms with van der Waals surface area (Å²) in [6.45, 7) is 4.55. The van der Waals surface area contributed by atoms with Crippen LogP contribution < -0.4 is 0 Å². The van der Waals surface area contributed by atoms with Crippen LogP contribution in [0.5, 0.6) is 0 Å². The van der Waals surface area contributed by atoms with Gasteiger partial charge in [0.2, 0.25) is 5.91 Å². The van der Waals surface area contributed by atoms with Gasteiger partial charge in [-0.15, -0.1) is 0 Å². The largest absolute Gasteiger partial charge is 0.375 e. The molecule has 1 amide bonds. The molecule has 0 spiro atoms. The van der Waals surface area contributed by atoms with Crippen LogP contribution in [-0.4, -0.2) is 42.2 Å². The Balaban J connectivity index is 1.51. The zero-order chi connectivity index (χ0) is 24.3. The number of amides is 1. The molecule has 1 aliphatic heterocycles. The van der Waals surface area contributed by atoms with Gasteiger partial charge in [0.05, 0.1) is 45.0 Å². The van der Waals surface area contributed by atoms with Crippen LogP contribution >= 0.6 is 0 Å². The molecule has 1 aliphatic rings. The van der Waals surface area contributed by atoms with Gasteiger partial charge in [0.25, 0.3) is 0 Å². The second-order valence-electron chi connectivity index (χ2n) is 8.96. The molecule has 3 atom stereocenters. The third-order valence-electron chi connectivity index (χ3n) is 6.30. The highest BCUT2D eigenvalue weighted by Gasteiger charge is 2.43. The zero-order valence-electron chi connectivity index (χ0n) is 20.4. The first-order valence-electron chi connectivity index (χ1n) is 12.5. The van der Waals surface area contributed by atoms with Gasteiger partial charge >= 0.3 is 0 Å². The van der Waals surface area contributed by atoms with Crippen molar-refractivity contribution in [1.82, 2.24) is 4.90 Å². The summed E-state index contributed by atoms with van der Waals surface area (Å²) in [5.74, 6) is 0.0952. The van der Waals surface area contributed by atoms with Gasteiger partial charge in [-0.3, -0.25) is 4.79 Å². The maximum atomic E-state index is 13.2. The molecule has 35 heavy (non-hydrogen) atoms. The highest BCUT2D eigenvalue weighted by Crippen LogP contribution is 2.27. The van der Waals surface area contributed by atoms with Crippen molar-refractivity contribution in [2.24, 2.45) is 0 Å². The Bertz CT molecular complexity index is 1010. The van der Waals surface area contributed by atoms with Crippen LogP contribution in [0.25, 0.3) is 0 Å². The van der Waals surface area contributed by atoms with E-state index in [0.717, 1.165) is 23.1 Å². The second-order valence-corrected chi connectivity index (χ2v) is 8.96. The first-order valence-corrected chi connectivity index (χ1v) is 12.5. The van der Waals surface area contributed by atoms with Crippen molar-refractivity contribution in [3.63, 3.8) is 0 Å². The SMILES string of the molecule is CCCN1C(=O)CC(OCc2ccccc2)C(OCc2ccccc2)C1COCc1ccccc1. The molecular formula is C30H35NO4. The Kier molecular flexibility index (Phi) is 9.47. The van der Waals surface area contributed by atoms with Gasteiger partial charge in [-0.1, -0.05) is 97.9 Å². The Morgan fingerprint density at radius 3 is 1.80 bits per heavy atom. The lowest BCUT2D eigenvalue weighted by atomic mass is 9.94. The van der Waals surface area contributed by atoms with E-state index in [1.807, 2.05) is 83.8 Å². The predicted octanol–water partition coefficient (Wildman–Crippen LogP) is 5.38. The summed E-state index contributed by atoms with van der Waals surface area (Å²) in [5.41, 5.74) is 3.28. The summed E-state index contributed by atoms with van der Waals surface area (Å²) in [6, 6.07) is 30.1. The Morgan fingerprint density at radius 1 is 0.743 bits per heavy atom. The van der Waals surface area contributed by atoms with Crippen LogP contribution in [0.1, 0.15) is 36.5 Å². The lowest BCUT2D eigenvalue weighted by molar-refractivity contribution is -0.177. The normalized spacial score (nSPS) is 20.2. The van der Waals surface area contributed by atoms with Gasteiger partial charge in [-0.05, 0) is 23.1 Å². The molecule has 5 nitrogen and oxygen atoms in total. The molecule has 3 aromatic rings. The number of hydrogen-bond acceptors (Lipinski definition) is 4. The standard InChI is InChI=1S/C30H35NO4/c1-2-18-31-27(23-33-20-24-12-6-3-7-13-24)30(35-22-26-16-10-5-11-17-26)28(19-29(31)32)34-21-25-14-8-4-9-15-25/h3-17,27-28,30H,2,18-23H2,1H3. The minimum absolute atomic E-state index is 0.0952. The van der Waals surface area contributed by atoms with Crippen molar-refractivity contribution in [1.29, 1.82) is 0 Å². The van der Waals surface area contributed by atoms with Gasteiger partial charge in [-0.2, -0.15) is 0 Å². The highest BCUT2D eigenvalue weighted by atomic mass is 16.5. The van der Waals surface area contributed by atoms with Crippen molar-refractivity contribution >= 4 is 5.91 Å². The fourth-order valence-electron chi connectivity index (χ4n) is 4.52. The summed E-state index contributed by atoms with van der Waals surface area (Å²) in [7, 11) is 0. The third-order valence-corrected chi connectivity index (χ3v) is 6.30. The Labute approximate surface area is 208 Å². The fraction of sp³-hybridized carbons (Fsp3) is 0.367. The van der Waals surface area contributed by atoms with Gasteiger partial charge in [-0.25, -0.2) is 0 Å². The van der Waals surface area contributed by atoms with Crippen molar-refractivity contribution in [2.45, 2.75) is 57.8 Å². The molecule has 3 aromatic carbocycles. The number of likely N-dealkylation sites (tertiary alicyclic amines) is 1. The van der Waals surface area contributed by atoms with Gasteiger partial charge in [0.1, 0.15) is 6.10 Å². The molecule has 0 aromatic heterocycles. The highest BCUT2D eigenvalue weighted by molar-refractivity contribution is 5.78. The van der Waals surface area contributed by atoms with Crippen LogP contribution in [0.4, 0.5) is 0 Å². The van der Waals surface area contributed by atoms with Crippen LogP contribution in [0, 0.1) is 0 Å². The van der Waals surface area contributed by atoms with Gasteiger partial charge < -0.3 is 19.1 Å². The molecule has 1 saturated heterocycles. The van der Waals surface area contributed by atoms with E-state index in [4.69, 9.17) is 14.2 Å². The molecule has 0 radical (unpaired) electrons. The fourth-order valence-corrected chi connectivity index (χ4v) is 4.52. The Morgan fingerprint density at radius 2 is 1.26 bits per heavy atom. The predicted molar refractivity (Wildman–Crippen MR) is 137 cm³/mol. The lowest BCUT2D eigenvalue weighted by Gasteiger charge is -2.44. The van der Waals surface area contributed by atoms with E-state index in [1.54, 1.807) is 0 Å². The van der Waals surface area contributed by atoms with Crippen LogP contribution in [-0.2, 0) is 38.8 Å². The smallest absolute Gasteiger partial charge is 0.225 e. The first-order chi connectivity index (χ1) is 17.2. The molecule has 4 rings (SSSR count). The monoisotopic (exact) mass is 473 g/mol. The van der Waals surface area contributed by atoms with E-state index in [0.29, 0.717) is 39.4 Å². The number of benzene rings is 3. The van der Waals surface area contributed by atoms with Crippen LogP contribution in [0.3, 0.4) is 0 Å². The molecule has 0 aliphatic carbocycles.